The van der Waals surface area contributed by atoms with Crippen molar-refractivity contribution < 1.29 is 9.47 Å². The van der Waals surface area contributed by atoms with Crippen LogP contribution in [0.15, 0.2) is 82.9 Å². The van der Waals surface area contributed by atoms with Crippen molar-refractivity contribution in [3.05, 3.63) is 105 Å². The van der Waals surface area contributed by atoms with Gasteiger partial charge in [-0.25, -0.2) is 9.59 Å². The van der Waals surface area contributed by atoms with E-state index in [1.54, 1.807) is 24.3 Å². The zero-order valence-corrected chi connectivity index (χ0v) is 16.6. The lowest BCUT2D eigenvalue weighted by molar-refractivity contribution is 0.476. The third-order valence-corrected chi connectivity index (χ3v) is 3.79. The molecule has 0 aliphatic rings. The summed E-state index contributed by atoms with van der Waals surface area (Å²) in [7, 11) is 0. The molecule has 0 radical (unpaired) electrons. The summed E-state index contributed by atoms with van der Waals surface area (Å²) in [5.74, 6) is 2.29. The largest absolute Gasteiger partial charge is 0.454 e. The highest BCUT2D eigenvalue weighted by molar-refractivity contribution is 6.30. The van der Waals surface area contributed by atoms with Gasteiger partial charge >= 0.3 is 11.4 Å². The molecule has 0 amide bonds. The van der Waals surface area contributed by atoms with Crippen LogP contribution >= 0.6 is 11.6 Å². The fraction of sp³-hybridized carbons (Fsp3) is 0.0909. The van der Waals surface area contributed by atoms with Crippen LogP contribution in [-0.2, 0) is 0 Å². The maximum Gasteiger partial charge on any atom is 0.345 e. The number of benzene rings is 2. The molecule has 2 heterocycles. The van der Waals surface area contributed by atoms with E-state index >= 15 is 0 Å². The Morgan fingerprint density at radius 2 is 1.29 bits per heavy atom. The van der Waals surface area contributed by atoms with E-state index in [2.05, 4.69) is 19.9 Å². The lowest BCUT2D eigenvalue weighted by atomic mass is 10.2. The average Bonchev–Trinajstić information content (AvgIpc) is 2.72. The molecule has 0 aliphatic heterocycles. The maximum atomic E-state index is 10.7. The highest BCUT2D eigenvalue weighted by Gasteiger charge is 1.99. The lowest BCUT2D eigenvalue weighted by Gasteiger charge is -2.04. The van der Waals surface area contributed by atoms with E-state index in [0.29, 0.717) is 22.3 Å². The molecule has 0 saturated carbocycles. The number of aryl methyl sites for hydroxylation is 1. The minimum Gasteiger partial charge on any atom is -0.454 e. The Bertz CT molecular complexity index is 1100. The molecule has 8 nitrogen and oxygen atoms in total. The summed E-state index contributed by atoms with van der Waals surface area (Å²) in [6.07, 6.45) is 5.66. The third kappa shape index (κ3) is 7.79. The second-order valence-electron chi connectivity index (χ2n) is 5.99. The Morgan fingerprint density at radius 1 is 0.774 bits per heavy atom. The van der Waals surface area contributed by atoms with Crippen LogP contribution in [0.4, 0.5) is 0 Å². The quantitative estimate of drug-likeness (QED) is 0.475. The average molecular weight is 441 g/mol. The molecule has 4 aromatic rings. The molecule has 2 aromatic heterocycles. The zero-order chi connectivity index (χ0) is 21.3. The highest BCUT2D eigenvalue weighted by atomic mass is 35.5. The molecule has 0 bridgehead atoms. The molecule has 0 fully saturated rings. The van der Waals surface area contributed by atoms with Crippen LogP contribution < -0.4 is 20.9 Å². The van der Waals surface area contributed by atoms with Gasteiger partial charge in [0.2, 0.25) is 0 Å². The molecule has 0 atom stereocenters. The predicted molar refractivity (Wildman–Crippen MR) is 119 cm³/mol. The summed E-state index contributed by atoms with van der Waals surface area (Å²) < 4.78 is 10.9. The molecule has 2 aromatic carbocycles. The van der Waals surface area contributed by atoms with Crippen molar-refractivity contribution >= 4 is 11.6 Å². The van der Waals surface area contributed by atoms with Gasteiger partial charge in [-0.1, -0.05) is 37.2 Å². The Kier molecular flexibility index (Phi) is 8.53. The summed E-state index contributed by atoms with van der Waals surface area (Å²) in [6.45, 7) is 1.98. The Balaban J connectivity index is 0.000000213. The number of nitrogens with zero attached hydrogens (tertiary/aromatic N) is 2. The molecule has 4 rings (SSSR count). The van der Waals surface area contributed by atoms with Crippen LogP contribution in [-0.4, -0.2) is 19.9 Å². The van der Waals surface area contributed by atoms with Crippen LogP contribution in [0, 0.1) is 6.92 Å². The van der Waals surface area contributed by atoms with Gasteiger partial charge < -0.3 is 19.4 Å². The standard InChI is InChI=1S/C11H10N2O2.C10H7ClN2O2.CH4/c1-8-3-2-4-9(5-8)15-10-6-12-11(14)13-7-10;11-7-2-1-3-8(4-7)15-9-5-12-10(14)13-6-9;/h2-7H,1H3,(H,12,13,14);1-6H,(H,12,13,14);1H4. The highest BCUT2D eigenvalue weighted by Crippen LogP contribution is 2.22. The smallest absolute Gasteiger partial charge is 0.345 e. The number of rotatable bonds is 4. The van der Waals surface area contributed by atoms with Crippen molar-refractivity contribution in [2.24, 2.45) is 0 Å². The Hall–Kier alpha value is -3.91. The summed E-state index contributed by atoms with van der Waals surface area (Å²) >= 11 is 5.78. The summed E-state index contributed by atoms with van der Waals surface area (Å²) in [5.41, 5.74) is 0.324. The number of hydrogen-bond donors (Lipinski definition) is 2. The molecule has 160 valence electrons. The van der Waals surface area contributed by atoms with Gasteiger partial charge in [-0.15, -0.1) is 0 Å². The summed E-state index contributed by atoms with van der Waals surface area (Å²) in [5, 5.41) is 0.588. The summed E-state index contributed by atoms with van der Waals surface area (Å²) in [6, 6.07) is 14.6. The van der Waals surface area contributed by atoms with Gasteiger partial charge in [0.15, 0.2) is 11.5 Å². The van der Waals surface area contributed by atoms with Crippen LogP contribution in [0.5, 0.6) is 23.0 Å². The van der Waals surface area contributed by atoms with E-state index in [1.165, 1.54) is 24.8 Å². The topological polar surface area (TPSA) is 110 Å². The fourth-order valence-electron chi connectivity index (χ4n) is 2.25. The third-order valence-electron chi connectivity index (χ3n) is 3.55. The molecule has 9 heteroatoms. The number of ether oxygens (including phenoxy) is 2. The van der Waals surface area contributed by atoms with E-state index in [1.807, 2.05) is 31.2 Å². The predicted octanol–water partition coefficient (Wildman–Crippen LogP) is 4.72. The first kappa shape index (κ1) is 23.4. The van der Waals surface area contributed by atoms with Crippen molar-refractivity contribution in [2.75, 3.05) is 0 Å². The zero-order valence-electron chi connectivity index (χ0n) is 15.8. The minimum atomic E-state index is -0.409. The molecule has 0 aliphatic carbocycles. The monoisotopic (exact) mass is 440 g/mol. The fourth-order valence-corrected chi connectivity index (χ4v) is 2.43. The van der Waals surface area contributed by atoms with Crippen molar-refractivity contribution in [3.8, 4) is 23.0 Å². The second kappa shape index (κ2) is 11.3. The minimum absolute atomic E-state index is 0. The maximum absolute atomic E-state index is 10.7. The number of halogens is 1. The molecule has 0 unspecified atom stereocenters. The van der Waals surface area contributed by atoms with Gasteiger partial charge in [-0.05, 0) is 42.8 Å². The molecule has 2 N–H and O–H groups in total. The Labute approximate surface area is 183 Å². The van der Waals surface area contributed by atoms with Crippen LogP contribution in [0.25, 0.3) is 0 Å². The summed E-state index contributed by atoms with van der Waals surface area (Å²) in [4.78, 5) is 33.3. The number of nitrogens with one attached hydrogen (secondary N) is 2. The van der Waals surface area contributed by atoms with E-state index in [9.17, 15) is 9.59 Å². The van der Waals surface area contributed by atoms with E-state index < -0.39 is 5.69 Å². The van der Waals surface area contributed by atoms with Crippen molar-refractivity contribution in [3.63, 3.8) is 0 Å². The second-order valence-corrected chi connectivity index (χ2v) is 6.42. The molecule has 0 spiro atoms. The van der Waals surface area contributed by atoms with Gasteiger partial charge in [-0.2, -0.15) is 9.97 Å². The van der Waals surface area contributed by atoms with Crippen molar-refractivity contribution in [2.45, 2.75) is 14.4 Å². The first-order chi connectivity index (χ1) is 14.5. The number of aromatic nitrogens is 4. The van der Waals surface area contributed by atoms with Gasteiger partial charge in [0, 0.05) is 5.02 Å². The van der Waals surface area contributed by atoms with E-state index in [0.717, 1.165) is 11.3 Å². The van der Waals surface area contributed by atoms with Gasteiger partial charge in [0.1, 0.15) is 11.5 Å². The number of H-pyrrole nitrogens is 2. The van der Waals surface area contributed by atoms with Gasteiger partial charge in [0.25, 0.3) is 0 Å². The molecular weight excluding hydrogens is 420 g/mol. The van der Waals surface area contributed by atoms with Crippen LogP contribution in [0.2, 0.25) is 5.02 Å². The van der Waals surface area contributed by atoms with Crippen molar-refractivity contribution in [1.82, 2.24) is 19.9 Å². The first-order valence-corrected chi connectivity index (χ1v) is 9.13. The van der Waals surface area contributed by atoms with Gasteiger partial charge in [0.05, 0.1) is 24.8 Å². The van der Waals surface area contributed by atoms with E-state index in [-0.39, 0.29) is 13.1 Å². The van der Waals surface area contributed by atoms with Crippen molar-refractivity contribution in [1.29, 1.82) is 0 Å². The van der Waals surface area contributed by atoms with E-state index in [4.69, 9.17) is 21.1 Å². The molecule has 31 heavy (non-hydrogen) atoms. The molecule has 0 saturated heterocycles. The molecular formula is C22H21ClN4O4. The van der Waals surface area contributed by atoms with Gasteiger partial charge in [-0.3, -0.25) is 0 Å². The number of aromatic amines is 2. The van der Waals surface area contributed by atoms with Crippen LogP contribution in [0.3, 0.4) is 0 Å². The Morgan fingerprint density at radius 3 is 1.74 bits per heavy atom. The SMILES string of the molecule is C.Cc1cccc(Oc2cnc(=O)[nH]c2)c1.O=c1ncc(Oc2cccc(Cl)c2)c[nH]1. The normalized spacial score (nSPS) is 9.61. The van der Waals surface area contributed by atoms with Crippen LogP contribution in [0.1, 0.15) is 13.0 Å². The number of hydrogen-bond acceptors (Lipinski definition) is 6. The first-order valence-electron chi connectivity index (χ1n) is 8.75. The lowest BCUT2D eigenvalue weighted by Crippen LogP contribution is -2.07.